The predicted octanol–water partition coefficient (Wildman–Crippen LogP) is 4.56. The highest BCUT2D eigenvalue weighted by atomic mass is 16.2. The summed E-state index contributed by atoms with van der Waals surface area (Å²) in [4.78, 5) is 11.9. The van der Waals surface area contributed by atoms with Gasteiger partial charge >= 0.3 is 6.03 Å². The molecule has 0 unspecified atom stereocenters. The van der Waals surface area contributed by atoms with Gasteiger partial charge in [-0.3, -0.25) is 0 Å². The van der Waals surface area contributed by atoms with Crippen LogP contribution in [0.3, 0.4) is 0 Å². The maximum atomic E-state index is 11.9. The Hall–Kier alpha value is -1.51. The number of rotatable bonds is 9. The van der Waals surface area contributed by atoms with Gasteiger partial charge in [-0.2, -0.15) is 0 Å². The van der Waals surface area contributed by atoms with Gasteiger partial charge in [0, 0.05) is 20.4 Å². The molecule has 1 rings (SSSR count). The first-order valence-electron chi connectivity index (χ1n) is 9.68. The normalized spacial score (nSPS) is 17.1. The highest BCUT2D eigenvalue weighted by molar-refractivity contribution is 5.89. The molecule has 0 spiro atoms. The number of benzene rings is 1. The molecule has 0 saturated carbocycles. The molecule has 0 saturated heterocycles. The Morgan fingerprint density at radius 1 is 1.11 bits per heavy atom. The lowest BCUT2D eigenvalue weighted by Gasteiger charge is -2.07. The van der Waals surface area contributed by atoms with Gasteiger partial charge in [0.2, 0.25) is 0 Å². The van der Waals surface area contributed by atoms with E-state index in [0.717, 1.165) is 19.3 Å². The van der Waals surface area contributed by atoms with Crippen molar-refractivity contribution < 1.29 is 13.0 Å². The van der Waals surface area contributed by atoms with E-state index in [4.69, 9.17) is 8.22 Å². The van der Waals surface area contributed by atoms with Gasteiger partial charge < -0.3 is 10.6 Å². The first-order chi connectivity index (χ1) is 11.5. The third-order valence-corrected chi connectivity index (χ3v) is 2.51. The van der Waals surface area contributed by atoms with Crippen LogP contribution in [0.4, 0.5) is 10.5 Å². The van der Waals surface area contributed by atoms with Gasteiger partial charge in [-0.1, -0.05) is 63.6 Å². The molecule has 2 N–H and O–H groups in total. The fourth-order valence-electron chi connectivity index (χ4n) is 1.52. The van der Waals surface area contributed by atoms with E-state index in [1.54, 1.807) is 30.3 Å². The highest BCUT2D eigenvalue weighted by Gasteiger charge is 1.99. The summed E-state index contributed by atoms with van der Waals surface area (Å²) in [7, 11) is 0. The number of carbonyl (C=O) groups excluding carboxylic acids is 1. The van der Waals surface area contributed by atoms with Gasteiger partial charge in [0.15, 0.2) is 0 Å². The largest absolute Gasteiger partial charge is 0.338 e. The van der Waals surface area contributed by atoms with E-state index in [-0.39, 0.29) is 6.42 Å². The molecule has 0 aliphatic heterocycles. The van der Waals surface area contributed by atoms with Crippen molar-refractivity contribution in [3.8, 4) is 0 Å². The van der Waals surface area contributed by atoms with Crippen LogP contribution in [0.15, 0.2) is 30.3 Å². The van der Waals surface area contributed by atoms with Crippen molar-refractivity contribution in [2.24, 2.45) is 0 Å². The van der Waals surface area contributed by atoms with Crippen molar-refractivity contribution in [2.45, 2.75) is 51.8 Å². The molecule has 3 nitrogen and oxygen atoms in total. The second-order valence-corrected chi connectivity index (χ2v) is 4.18. The van der Waals surface area contributed by atoms with Gasteiger partial charge in [-0.25, -0.2) is 4.79 Å². The van der Waals surface area contributed by atoms with Crippen molar-refractivity contribution >= 4 is 11.7 Å². The molecule has 2 amide bonds. The second-order valence-electron chi connectivity index (χ2n) is 4.18. The lowest BCUT2D eigenvalue weighted by atomic mass is 10.1. The van der Waals surface area contributed by atoms with Crippen LogP contribution in [0.2, 0.25) is 0 Å². The van der Waals surface area contributed by atoms with Crippen LogP contribution in [0.25, 0.3) is 0 Å². The quantitative estimate of drug-likeness (QED) is 0.633. The monoisotopic (exact) mass is 268 g/mol. The molecule has 19 heavy (non-hydrogen) atoms. The van der Waals surface area contributed by atoms with Gasteiger partial charge in [0.05, 0.1) is 0 Å². The Morgan fingerprint density at radius 3 is 2.58 bits per heavy atom. The average molecular weight is 268 g/mol. The van der Waals surface area contributed by atoms with Gasteiger partial charge in [-0.15, -0.1) is 0 Å². The zero-order chi connectivity index (χ0) is 19.1. The number of carbonyl (C=O) groups is 1. The molecule has 0 aliphatic carbocycles. The molecule has 106 valence electrons. The third kappa shape index (κ3) is 8.25. The number of nitrogens with one attached hydrogen (secondary N) is 2. The van der Waals surface area contributed by atoms with Gasteiger partial charge in [0.1, 0.15) is 0 Å². The Bertz CT molecular complexity index is 551. The molecule has 0 radical (unpaired) electrons. The van der Waals surface area contributed by atoms with Crippen molar-refractivity contribution in [1.82, 2.24) is 5.32 Å². The molecule has 0 heterocycles. The van der Waals surface area contributed by atoms with Crippen molar-refractivity contribution in [1.29, 1.82) is 0 Å². The van der Waals surface area contributed by atoms with E-state index in [9.17, 15) is 4.79 Å². The summed E-state index contributed by atoms with van der Waals surface area (Å²) in [6.45, 7) is -0.859. The Labute approximate surface area is 125 Å². The number of hydrogen-bond donors (Lipinski definition) is 2. The Kier molecular flexibility index (Phi) is 4.73. The smallest absolute Gasteiger partial charge is 0.319 e. The van der Waals surface area contributed by atoms with Crippen LogP contribution in [0, 0.1) is 0 Å². The number of unbranched alkanes of at least 4 members (excludes halogenated alkanes) is 3. The summed E-state index contributed by atoms with van der Waals surface area (Å²) in [6, 6.07) is 7.43. The fraction of sp³-hybridized carbons (Fsp3) is 0.562. The van der Waals surface area contributed by atoms with Crippen molar-refractivity contribution in [2.75, 3.05) is 11.8 Å². The minimum Gasteiger partial charge on any atom is -0.338 e. The van der Waals surface area contributed by atoms with E-state index in [1.807, 2.05) is 12.2 Å². The topological polar surface area (TPSA) is 41.1 Å². The van der Waals surface area contributed by atoms with Crippen LogP contribution < -0.4 is 10.6 Å². The molecule has 0 atom stereocenters. The summed E-state index contributed by atoms with van der Waals surface area (Å²) in [5.41, 5.74) is 0.430. The molecule has 3 heteroatoms. The lowest BCUT2D eigenvalue weighted by molar-refractivity contribution is 0.252. The van der Waals surface area contributed by atoms with Crippen LogP contribution in [-0.2, 0) is 0 Å². The second kappa shape index (κ2) is 10.4. The number of para-hydroxylation sites is 1. The summed E-state index contributed by atoms with van der Waals surface area (Å²) in [6.07, 6.45) is -2.29. The molecular weight excluding hydrogens is 236 g/mol. The summed E-state index contributed by atoms with van der Waals surface area (Å²) in [5, 5.41) is 4.32. The Morgan fingerprint density at radius 2 is 1.84 bits per heavy atom. The van der Waals surface area contributed by atoms with Crippen LogP contribution in [-0.4, -0.2) is 12.5 Å². The summed E-state index contributed by atoms with van der Waals surface area (Å²) in [5.74, 6) is 0. The molecule has 0 fully saturated rings. The zero-order valence-corrected chi connectivity index (χ0v) is 11.3. The number of anilines is 1. The molecular formula is C16H26N2O. The Balaban J connectivity index is 2.74. The summed E-state index contributed by atoms with van der Waals surface area (Å²) >= 11 is 0. The first-order valence-corrected chi connectivity index (χ1v) is 6.68. The van der Waals surface area contributed by atoms with Crippen LogP contribution in [0.1, 0.15) is 60.0 Å². The third-order valence-electron chi connectivity index (χ3n) is 2.51. The predicted molar refractivity (Wildman–Crippen MR) is 81.5 cm³/mol. The number of urea groups is 1. The maximum absolute atomic E-state index is 11.9. The fourth-order valence-corrected chi connectivity index (χ4v) is 1.52. The van der Waals surface area contributed by atoms with Crippen molar-refractivity contribution in [3.05, 3.63) is 30.3 Å². The number of hydrogen-bond acceptors (Lipinski definition) is 1. The summed E-state index contributed by atoms with van der Waals surface area (Å²) < 4.78 is 47.6. The minimum atomic E-state index is -2.89. The molecule has 0 aliphatic rings. The lowest BCUT2D eigenvalue weighted by Crippen LogP contribution is -2.29. The van der Waals surface area contributed by atoms with E-state index in [1.165, 1.54) is 0 Å². The van der Waals surface area contributed by atoms with E-state index in [2.05, 4.69) is 5.32 Å². The highest BCUT2D eigenvalue weighted by Crippen LogP contribution is 2.06. The minimum absolute atomic E-state index is 0.110. The first kappa shape index (κ1) is 8.62. The average Bonchev–Trinajstić information content (AvgIpc) is 2.51. The molecule has 1 aromatic rings. The SMILES string of the molecule is [2H]C([2H])(CCCCCC)C([2H])([2H])C([2H])([2H])NC(=O)Nc1ccccc1. The standard InChI is InChI=1S/C16H26N2O/c1-2-3-4-5-6-7-11-14-17-16(19)18-15-12-9-8-10-13-15/h8-10,12-13H,2-7,11,14H2,1H3,(H2,17,18,19)/i7D2,11D2,14D2. The number of amides is 2. The zero-order valence-electron chi connectivity index (χ0n) is 17.3. The molecule has 0 bridgehead atoms. The van der Waals surface area contributed by atoms with Crippen LogP contribution in [0.5, 0.6) is 0 Å². The van der Waals surface area contributed by atoms with E-state index < -0.39 is 25.3 Å². The maximum Gasteiger partial charge on any atom is 0.319 e. The molecule has 0 aromatic heterocycles. The van der Waals surface area contributed by atoms with Gasteiger partial charge in [0.25, 0.3) is 0 Å². The molecule has 1 aromatic carbocycles. The van der Waals surface area contributed by atoms with E-state index >= 15 is 0 Å². The van der Waals surface area contributed by atoms with E-state index in [0.29, 0.717) is 12.1 Å². The van der Waals surface area contributed by atoms with Gasteiger partial charge in [-0.05, 0) is 18.5 Å². The van der Waals surface area contributed by atoms with Crippen molar-refractivity contribution in [3.63, 3.8) is 0 Å². The van der Waals surface area contributed by atoms with Crippen LogP contribution >= 0.6 is 0 Å².